The highest BCUT2D eigenvalue weighted by atomic mass is 79.9. The Morgan fingerprint density at radius 2 is 1.91 bits per heavy atom. The molecule has 0 aromatic heterocycles. The first-order valence-electron chi connectivity index (χ1n) is 7.28. The second kappa shape index (κ2) is 7.70. The Morgan fingerprint density at radius 1 is 1.05 bits per heavy atom. The molecule has 0 amide bonds. The highest BCUT2D eigenvalue weighted by Gasteiger charge is 2.17. The van der Waals surface area contributed by atoms with Gasteiger partial charge in [-0.25, -0.2) is 0 Å². The summed E-state index contributed by atoms with van der Waals surface area (Å²) in [4.78, 5) is 5.70. The number of benzene rings is 2. The number of rotatable bonds is 5. The van der Waals surface area contributed by atoms with E-state index in [0.29, 0.717) is 13.2 Å². The molecule has 0 aliphatic carbocycles. The molecule has 1 heterocycles. The molecular weight excluding hydrogens is 342 g/mol. The van der Waals surface area contributed by atoms with Gasteiger partial charge in [0, 0.05) is 4.47 Å². The third kappa shape index (κ3) is 4.27. The van der Waals surface area contributed by atoms with Crippen molar-refractivity contribution in [1.29, 1.82) is 0 Å². The van der Waals surface area contributed by atoms with Gasteiger partial charge in [0.15, 0.2) is 0 Å². The molecule has 4 heteroatoms. The predicted molar refractivity (Wildman–Crippen MR) is 90.1 cm³/mol. The van der Waals surface area contributed by atoms with Crippen molar-refractivity contribution in [3.05, 3.63) is 82.3 Å². The minimum Gasteiger partial charge on any atom is -0.375 e. The predicted octanol–water partition coefficient (Wildman–Crippen LogP) is 4.17. The highest BCUT2D eigenvalue weighted by Crippen LogP contribution is 2.24. The van der Waals surface area contributed by atoms with Crippen LogP contribution in [0.2, 0.25) is 0 Å². The second-order valence-electron chi connectivity index (χ2n) is 5.20. The lowest BCUT2D eigenvalue weighted by atomic mass is 10.1. The standard InChI is InChI=1S/C18H18BrNO2/c19-16-8-4-7-15(11-16)18-10-9-17(20-22-18)13-21-12-14-5-2-1-3-6-14/h1-11,17-18,20H,12-13H2/t17-,18+/m1/s1. The van der Waals surface area contributed by atoms with Gasteiger partial charge >= 0.3 is 0 Å². The lowest BCUT2D eigenvalue weighted by molar-refractivity contribution is -0.0430. The van der Waals surface area contributed by atoms with Crippen LogP contribution in [0, 0.1) is 0 Å². The Bertz CT molecular complexity index is 630. The zero-order valence-corrected chi connectivity index (χ0v) is 13.7. The third-order valence-corrected chi connectivity index (χ3v) is 3.94. The van der Waals surface area contributed by atoms with E-state index < -0.39 is 0 Å². The maximum Gasteiger partial charge on any atom is 0.122 e. The van der Waals surface area contributed by atoms with Crippen LogP contribution in [0.15, 0.2) is 71.2 Å². The topological polar surface area (TPSA) is 30.5 Å². The van der Waals surface area contributed by atoms with Gasteiger partial charge in [-0.05, 0) is 23.3 Å². The number of ether oxygens (including phenoxy) is 1. The van der Waals surface area contributed by atoms with Gasteiger partial charge in [0.25, 0.3) is 0 Å². The summed E-state index contributed by atoms with van der Waals surface area (Å²) in [7, 11) is 0. The lowest BCUT2D eigenvalue weighted by Crippen LogP contribution is -2.35. The fraction of sp³-hybridized carbons (Fsp3) is 0.222. The molecule has 0 saturated carbocycles. The fourth-order valence-corrected chi connectivity index (χ4v) is 2.72. The summed E-state index contributed by atoms with van der Waals surface area (Å²) in [5.74, 6) is 0. The number of hydrogen-bond donors (Lipinski definition) is 1. The van der Waals surface area contributed by atoms with Crippen molar-refractivity contribution in [1.82, 2.24) is 5.48 Å². The summed E-state index contributed by atoms with van der Waals surface area (Å²) in [5.41, 5.74) is 5.34. The highest BCUT2D eigenvalue weighted by molar-refractivity contribution is 9.10. The molecular formula is C18H18BrNO2. The molecule has 1 N–H and O–H groups in total. The van der Waals surface area contributed by atoms with Crippen LogP contribution in [0.1, 0.15) is 17.2 Å². The first-order valence-corrected chi connectivity index (χ1v) is 8.07. The van der Waals surface area contributed by atoms with E-state index in [4.69, 9.17) is 9.57 Å². The molecule has 0 radical (unpaired) electrons. The average molecular weight is 360 g/mol. The quantitative estimate of drug-likeness (QED) is 0.812. The van der Waals surface area contributed by atoms with Gasteiger partial charge in [-0.3, -0.25) is 4.84 Å². The number of hydroxylamine groups is 1. The van der Waals surface area contributed by atoms with Crippen molar-refractivity contribution in [2.45, 2.75) is 18.8 Å². The fourth-order valence-electron chi connectivity index (χ4n) is 2.30. The van der Waals surface area contributed by atoms with Gasteiger partial charge in [-0.2, -0.15) is 5.48 Å². The largest absolute Gasteiger partial charge is 0.375 e. The Balaban J connectivity index is 1.49. The molecule has 1 aliphatic heterocycles. The Hall–Kier alpha value is -1.46. The monoisotopic (exact) mass is 359 g/mol. The summed E-state index contributed by atoms with van der Waals surface area (Å²) in [6, 6.07) is 18.4. The van der Waals surface area contributed by atoms with Crippen LogP contribution in [-0.4, -0.2) is 12.6 Å². The van der Waals surface area contributed by atoms with Crippen molar-refractivity contribution < 1.29 is 9.57 Å². The van der Waals surface area contributed by atoms with Gasteiger partial charge in [0.05, 0.1) is 19.3 Å². The van der Waals surface area contributed by atoms with Gasteiger partial charge in [0.2, 0.25) is 0 Å². The summed E-state index contributed by atoms with van der Waals surface area (Å²) in [6.07, 6.45) is 4.09. The van der Waals surface area contributed by atoms with E-state index in [2.05, 4.69) is 51.8 Å². The summed E-state index contributed by atoms with van der Waals surface area (Å²) in [6.45, 7) is 1.19. The van der Waals surface area contributed by atoms with E-state index >= 15 is 0 Å². The van der Waals surface area contributed by atoms with E-state index in [0.717, 1.165) is 10.0 Å². The van der Waals surface area contributed by atoms with Crippen molar-refractivity contribution in [2.75, 3.05) is 6.61 Å². The summed E-state index contributed by atoms with van der Waals surface area (Å²) in [5, 5.41) is 0. The van der Waals surface area contributed by atoms with E-state index in [1.54, 1.807) is 0 Å². The van der Waals surface area contributed by atoms with Crippen LogP contribution >= 0.6 is 15.9 Å². The van der Waals surface area contributed by atoms with E-state index in [1.807, 2.05) is 36.4 Å². The molecule has 1 aliphatic rings. The zero-order valence-electron chi connectivity index (χ0n) is 12.1. The molecule has 0 unspecified atom stereocenters. The molecule has 3 nitrogen and oxygen atoms in total. The first kappa shape index (κ1) is 15.4. The van der Waals surface area contributed by atoms with Crippen LogP contribution in [-0.2, 0) is 16.2 Å². The third-order valence-electron chi connectivity index (χ3n) is 3.45. The minimum absolute atomic E-state index is 0.0668. The molecule has 0 bridgehead atoms. The maximum atomic E-state index is 5.72. The normalized spacial score (nSPS) is 21.0. The van der Waals surface area contributed by atoms with Gasteiger partial charge in [0.1, 0.15) is 6.10 Å². The minimum atomic E-state index is -0.0668. The molecule has 2 atom stereocenters. The van der Waals surface area contributed by atoms with E-state index in [-0.39, 0.29) is 12.1 Å². The smallest absolute Gasteiger partial charge is 0.122 e. The first-order chi connectivity index (χ1) is 10.8. The number of halogens is 1. The van der Waals surface area contributed by atoms with Crippen molar-refractivity contribution >= 4 is 15.9 Å². The van der Waals surface area contributed by atoms with E-state index in [9.17, 15) is 0 Å². The van der Waals surface area contributed by atoms with Crippen LogP contribution < -0.4 is 5.48 Å². The van der Waals surface area contributed by atoms with Crippen LogP contribution in [0.5, 0.6) is 0 Å². The summed E-state index contributed by atoms with van der Waals surface area (Å²) < 4.78 is 6.77. The zero-order chi connectivity index (χ0) is 15.2. The van der Waals surface area contributed by atoms with Crippen molar-refractivity contribution in [2.24, 2.45) is 0 Å². The second-order valence-corrected chi connectivity index (χ2v) is 6.12. The molecule has 0 spiro atoms. The molecule has 2 aromatic carbocycles. The Labute approximate surface area is 139 Å². The number of nitrogens with one attached hydrogen (secondary N) is 1. The molecule has 2 aromatic rings. The molecule has 22 heavy (non-hydrogen) atoms. The Kier molecular flexibility index (Phi) is 5.40. The van der Waals surface area contributed by atoms with Gasteiger partial charge in [-0.15, -0.1) is 0 Å². The van der Waals surface area contributed by atoms with E-state index in [1.165, 1.54) is 5.56 Å². The van der Waals surface area contributed by atoms with Crippen LogP contribution in [0.3, 0.4) is 0 Å². The van der Waals surface area contributed by atoms with Gasteiger partial charge in [-0.1, -0.05) is 70.5 Å². The molecule has 3 rings (SSSR count). The van der Waals surface area contributed by atoms with Crippen molar-refractivity contribution in [3.63, 3.8) is 0 Å². The molecule has 0 saturated heterocycles. The van der Waals surface area contributed by atoms with Gasteiger partial charge < -0.3 is 4.74 Å². The summed E-state index contributed by atoms with van der Waals surface area (Å²) >= 11 is 3.48. The average Bonchev–Trinajstić information content (AvgIpc) is 2.56. The maximum absolute atomic E-state index is 5.72. The Morgan fingerprint density at radius 3 is 2.64 bits per heavy atom. The molecule has 114 valence electrons. The lowest BCUT2D eigenvalue weighted by Gasteiger charge is -2.24. The SMILES string of the molecule is Brc1cccc([C@@H]2C=C[C@H](COCc3ccccc3)NO2)c1. The van der Waals surface area contributed by atoms with Crippen LogP contribution in [0.25, 0.3) is 0 Å². The molecule has 0 fully saturated rings. The number of hydrogen-bond acceptors (Lipinski definition) is 3. The van der Waals surface area contributed by atoms with Crippen molar-refractivity contribution in [3.8, 4) is 0 Å². The van der Waals surface area contributed by atoms with Crippen LogP contribution in [0.4, 0.5) is 0 Å².